The molecule has 3 aromatic rings. The first kappa shape index (κ1) is 17.7. The molecule has 0 saturated carbocycles. The summed E-state index contributed by atoms with van der Waals surface area (Å²) in [5.74, 6) is 0.192. The van der Waals surface area contributed by atoms with E-state index in [0.717, 1.165) is 15.8 Å². The molecule has 3 rings (SSSR count). The summed E-state index contributed by atoms with van der Waals surface area (Å²) in [7, 11) is -4.90. The molecular weight excluding hydrogens is 343 g/mol. The summed E-state index contributed by atoms with van der Waals surface area (Å²) in [6, 6.07) is 24.6. The van der Waals surface area contributed by atoms with Gasteiger partial charge in [-0.25, -0.2) is 0 Å². The van der Waals surface area contributed by atoms with Crippen molar-refractivity contribution in [1.82, 2.24) is 0 Å². The molecule has 1 N–H and O–H groups in total. The highest BCUT2D eigenvalue weighted by atomic mass is 31.2. The molecule has 0 fully saturated rings. The molecule has 128 valence electrons. The zero-order chi connectivity index (χ0) is 18.1. The molecule has 0 radical (unpaired) electrons. The van der Waals surface area contributed by atoms with Crippen LogP contribution >= 0.6 is 7.14 Å². The van der Waals surface area contributed by atoms with Gasteiger partial charge in [0, 0.05) is 10.6 Å². The van der Waals surface area contributed by atoms with Crippen LogP contribution in [-0.2, 0) is 4.57 Å². The Morgan fingerprint density at radius 1 is 0.720 bits per heavy atom. The first-order chi connectivity index (χ1) is 11.8. The molecular formula is C21H23O2PSi. The fraction of sp³-hybridized carbons (Fsp3) is 0.143. The first-order valence-electron chi connectivity index (χ1n) is 8.39. The van der Waals surface area contributed by atoms with Crippen LogP contribution in [0.4, 0.5) is 0 Å². The Morgan fingerprint density at radius 3 is 1.64 bits per heavy atom. The van der Waals surface area contributed by atoms with Crippen LogP contribution in [0.25, 0.3) is 0 Å². The zero-order valence-electron chi connectivity index (χ0n) is 14.8. The number of phenols is 1. The number of benzene rings is 3. The Morgan fingerprint density at radius 2 is 1.20 bits per heavy atom. The number of hydrogen-bond acceptors (Lipinski definition) is 2. The molecule has 0 heterocycles. The minimum absolute atomic E-state index is 0.192. The van der Waals surface area contributed by atoms with E-state index < -0.39 is 15.2 Å². The lowest BCUT2D eigenvalue weighted by atomic mass is 10.3. The predicted molar refractivity (Wildman–Crippen MR) is 110 cm³/mol. The molecule has 0 aliphatic rings. The van der Waals surface area contributed by atoms with Gasteiger partial charge in [-0.2, -0.15) is 0 Å². The smallest absolute Gasteiger partial charge is 0.174 e. The van der Waals surface area contributed by atoms with E-state index in [9.17, 15) is 9.67 Å². The van der Waals surface area contributed by atoms with Gasteiger partial charge < -0.3 is 9.67 Å². The maximum Gasteiger partial charge on any atom is 0.174 e. The minimum Gasteiger partial charge on any atom is -0.507 e. The van der Waals surface area contributed by atoms with Gasteiger partial charge >= 0.3 is 0 Å². The second-order valence-corrected chi connectivity index (χ2v) is 15.0. The summed E-state index contributed by atoms with van der Waals surface area (Å²) in [4.78, 5) is 0. The Kier molecular flexibility index (Phi) is 4.72. The van der Waals surface area contributed by atoms with Crippen molar-refractivity contribution in [2.24, 2.45) is 0 Å². The van der Waals surface area contributed by atoms with Crippen molar-refractivity contribution in [3.05, 3.63) is 78.9 Å². The van der Waals surface area contributed by atoms with E-state index in [2.05, 4.69) is 19.6 Å². The summed E-state index contributed by atoms with van der Waals surface area (Å²) in [6.45, 7) is 6.55. The molecule has 0 bridgehead atoms. The summed E-state index contributed by atoms with van der Waals surface area (Å²) >= 11 is 0. The maximum atomic E-state index is 14.4. The first-order valence-corrected chi connectivity index (χ1v) is 13.6. The van der Waals surface area contributed by atoms with Crippen molar-refractivity contribution in [3.8, 4) is 5.75 Å². The van der Waals surface area contributed by atoms with Gasteiger partial charge in [0.25, 0.3) is 0 Å². The van der Waals surface area contributed by atoms with E-state index in [4.69, 9.17) is 0 Å². The van der Waals surface area contributed by atoms with Crippen LogP contribution in [-0.4, -0.2) is 13.2 Å². The number of aromatic hydroxyl groups is 1. The summed E-state index contributed by atoms with van der Waals surface area (Å²) in [5, 5.41) is 14.0. The van der Waals surface area contributed by atoms with Crippen LogP contribution in [0, 0.1) is 0 Å². The van der Waals surface area contributed by atoms with Crippen LogP contribution < -0.4 is 21.1 Å². The van der Waals surface area contributed by atoms with Gasteiger partial charge in [0.2, 0.25) is 0 Å². The topological polar surface area (TPSA) is 37.3 Å². The second kappa shape index (κ2) is 6.66. The molecule has 0 aliphatic heterocycles. The predicted octanol–water partition coefficient (Wildman–Crippen LogP) is 3.58. The van der Waals surface area contributed by atoms with Gasteiger partial charge in [-0.1, -0.05) is 92.4 Å². The molecule has 0 aliphatic carbocycles. The van der Waals surface area contributed by atoms with Crippen LogP contribution in [0.5, 0.6) is 5.75 Å². The molecule has 3 aromatic carbocycles. The quantitative estimate of drug-likeness (QED) is 0.566. The largest absolute Gasteiger partial charge is 0.507 e. The third-order valence-electron chi connectivity index (χ3n) is 4.40. The molecule has 0 atom stereocenters. The van der Waals surface area contributed by atoms with Gasteiger partial charge in [0.15, 0.2) is 7.14 Å². The van der Waals surface area contributed by atoms with Crippen molar-refractivity contribution in [3.63, 3.8) is 0 Å². The van der Waals surface area contributed by atoms with Crippen molar-refractivity contribution in [2.45, 2.75) is 19.6 Å². The highest BCUT2D eigenvalue weighted by Crippen LogP contribution is 2.44. The Labute approximate surface area is 150 Å². The van der Waals surface area contributed by atoms with E-state index >= 15 is 0 Å². The molecule has 4 heteroatoms. The Bertz CT molecular complexity index is 872. The van der Waals surface area contributed by atoms with Crippen molar-refractivity contribution >= 4 is 36.3 Å². The van der Waals surface area contributed by atoms with E-state index in [-0.39, 0.29) is 5.75 Å². The van der Waals surface area contributed by atoms with Crippen LogP contribution in [0.2, 0.25) is 19.6 Å². The van der Waals surface area contributed by atoms with Gasteiger partial charge in [-0.15, -0.1) is 0 Å². The summed E-state index contributed by atoms with van der Waals surface area (Å²) in [5.41, 5.74) is 0. The lowest BCUT2D eigenvalue weighted by molar-refractivity contribution is 0.483. The molecule has 0 saturated heterocycles. The standard InChI is InChI=1S/C21H23O2PSi/c1-25(2,3)20-16-10-15-19(21(20)22)24(23,17-11-6-4-7-12-17)18-13-8-5-9-14-18/h4-16,22H,1-3H3. The molecule has 0 aromatic heterocycles. The third kappa shape index (κ3) is 3.22. The maximum absolute atomic E-state index is 14.4. The van der Waals surface area contributed by atoms with Gasteiger partial charge in [0.05, 0.1) is 13.4 Å². The van der Waals surface area contributed by atoms with Crippen molar-refractivity contribution in [2.75, 3.05) is 0 Å². The van der Waals surface area contributed by atoms with E-state index in [1.165, 1.54) is 0 Å². The monoisotopic (exact) mass is 366 g/mol. The fourth-order valence-electron chi connectivity index (χ4n) is 3.09. The highest BCUT2D eigenvalue weighted by Gasteiger charge is 2.34. The van der Waals surface area contributed by atoms with Crippen molar-refractivity contribution in [1.29, 1.82) is 0 Å². The number of para-hydroxylation sites is 1. The van der Waals surface area contributed by atoms with Crippen LogP contribution in [0.3, 0.4) is 0 Å². The minimum atomic E-state index is -3.14. The van der Waals surface area contributed by atoms with Gasteiger partial charge in [0.1, 0.15) is 5.75 Å². The van der Waals surface area contributed by atoms with Crippen molar-refractivity contribution < 1.29 is 9.67 Å². The molecule has 0 unspecified atom stereocenters. The molecule has 0 spiro atoms. The summed E-state index contributed by atoms with van der Waals surface area (Å²) in [6.07, 6.45) is 0. The second-order valence-electron chi connectivity index (χ2n) is 7.20. The highest BCUT2D eigenvalue weighted by molar-refractivity contribution is 7.85. The lowest BCUT2D eigenvalue weighted by Crippen LogP contribution is -2.40. The van der Waals surface area contributed by atoms with Crippen LogP contribution in [0.15, 0.2) is 78.9 Å². The normalized spacial score (nSPS) is 12.1. The Balaban J connectivity index is 2.34. The Hall–Kier alpha value is -2.09. The SMILES string of the molecule is C[Si](C)(C)c1cccc(P(=O)(c2ccccc2)c2ccccc2)c1O. The van der Waals surface area contributed by atoms with Crippen LogP contribution in [0.1, 0.15) is 0 Å². The average molecular weight is 366 g/mol. The van der Waals surface area contributed by atoms with E-state index in [1.807, 2.05) is 72.8 Å². The number of hydrogen-bond donors (Lipinski definition) is 1. The molecule has 25 heavy (non-hydrogen) atoms. The third-order valence-corrected chi connectivity index (χ3v) is 9.51. The summed E-state index contributed by atoms with van der Waals surface area (Å²) < 4.78 is 14.4. The van der Waals surface area contributed by atoms with E-state index in [1.54, 1.807) is 6.07 Å². The average Bonchev–Trinajstić information content (AvgIpc) is 2.62. The number of phenolic OH excluding ortho intramolecular Hbond substituents is 1. The zero-order valence-corrected chi connectivity index (χ0v) is 16.7. The fourth-order valence-corrected chi connectivity index (χ4v) is 7.39. The molecule has 0 amide bonds. The molecule has 2 nitrogen and oxygen atoms in total. The van der Waals surface area contributed by atoms with Gasteiger partial charge in [-0.3, -0.25) is 0 Å². The number of rotatable bonds is 4. The van der Waals surface area contributed by atoms with E-state index in [0.29, 0.717) is 5.30 Å². The van der Waals surface area contributed by atoms with Gasteiger partial charge in [-0.05, 0) is 11.3 Å². The lowest BCUT2D eigenvalue weighted by Gasteiger charge is -2.25.